The van der Waals surface area contributed by atoms with Crippen LogP contribution < -0.4 is 5.32 Å². The van der Waals surface area contributed by atoms with E-state index in [-0.39, 0.29) is 6.54 Å². The molecule has 0 aromatic heterocycles. The average molecular weight is 316 g/mol. The summed E-state index contributed by atoms with van der Waals surface area (Å²) in [5.41, 5.74) is -2.03. The van der Waals surface area contributed by atoms with E-state index < -0.39 is 34.8 Å². The third-order valence-corrected chi connectivity index (χ3v) is 3.05. The molecule has 1 aromatic carbocycles. The number of nitrogens with zero attached hydrogens (tertiary/aromatic N) is 1. The molecule has 0 spiro atoms. The highest BCUT2D eigenvalue weighted by atomic mass is 19.4. The van der Waals surface area contributed by atoms with Gasteiger partial charge in [-0.15, -0.1) is 0 Å². The molecule has 0 radical (unpaired) electrons. The Morgan fingerprint density at radius 1 is 1.14 bits per heavy atom. The summed E-state index contributed by atoms with van der Waals surface area (Å²) in [6.45, 7) is 7.19. The van der Waals surface area contributed by atoms with Gasteiger partial charge in [0, 0.05) is 12.1 Å². The van der Waals surface area contributed by atoms with Crippen molar-refractivity contribution in [1.29, 1.82) is 0 Å². The second kappa shape index (κ2) is 6.37. The van der Waals surface area contributed by atoms with Crippen LogP contribution in [0.3, 0.4) is 0 Å². The number of hydrogen-bond acceptors (Lipinski definition) is 2. The normalized spacial score (nSPS) is 12.0. The van der Waals surface area contributed by atoms with Gasteiger partial charge < -0.3 is 10.2 Å². The fraction of sp³-hybridized carbons (Fsp3) is 0.467. The number of nitrogens with one attached hydrogen (secondary N) is 1. The molecule has 0 aliphatic heterocycles. The largest absolute Gasteiger partial charge is 0.418 e. The van der Waals surface area contributed by atoms with Gasteiger partial charge in [-0.1, -0.05) is 12.1 Å². The summed E-state index contributed by atoms with van der Waals surface area (Å²) in [5.74, 6) is -1.96. The monoisotopic (exact) mass is 316 g/mol. The van der Waals surface area contributed by atoms with Crippen LogP contribution in [0.4, 0.5) is 18.9 Å². The molecule has 2 amide bonds. The van der Waals surface area contributed by atoms with Gasteiger partial charge in [-0.25, -0.2) is 0 Å². The van der Waals surface area contributed by atoms with Gasteiger partial charge in [-0.3, -0.25) is 9.59 Å². The maximum absolute atomic E-state index is 12.9. The molecular weight excluding hydrogens is 297 g/mol. The zero-order valence-corrected chi connectivity index (χ0v) is 12.9. The van der Waals surface area contributed by atoms with Gasteiger partial charge in [-0.2, -0.15) is 13.2 Å². The van der Waals surface area contributed by atoms with Crippen molar-refractivity contribution >= 4 is 17.5 Å². The molecule has 0 unspecified atom stereocenters. The second-order valence-corrected chi connectivity index (χ2v) is 5.72. The first-order valence-electron chi connectivity index (χ1n) is 6.77. The van der Waals surface area contributed by atoms with Gasteiger partial charge >= 0.3 is 18.0 Å². The highest BCUT2D eigenvalue weighted by molar-refractivity contribution is 6.39. The molecule has 1 N–H and O–H groups in total. The zero-order valence-electron chi connectivity index (χ0n) is 12.9. The number of para-hydroxylation sites is 1. The van der Waals surface area contributed by atoms with Crippen molar-refractivity contribution in [2.24, 2.45) is 0 Å². The van der Waals surface area contributed by atoms with Gasteiger partial charge in [-0.05, 0) is 39.8 Å². The molecule has 0 bridgehead atoms. The van der Waals surface area contributed by atoms with Crippen molar-refractivity contribution in [3.8, 4) is 0 Å². The van der Waals surface area contributed by atoms with Gasteiger partial charge in [0.1, 0.15) is 0 Å². The molecule has 0 saturated heterocycles. The minimum absolute atomic E-state index is 0.274. The average Bonchev–Trinajstić information content (AvgIpc) is 2.37. The summed E-state index contributed by atoms with van der Waals surface area (Å²) in [4.78, 5) is 25.4. The number of benzene rings is 1. The number of likely N-dealkylation sites (N-methyl/N-ethyl adjacent to an activating group) is 1. The fourth-order valence-corrected chi connectivity index (χ4v) is 2.06. The molecule has 0 aliphatic carbocycles. The molecular formula is C15H19F3N2O2. The third-order valence-electron chi connectivity index (χ3n) is 3.05. The lowest BCUT2D eigenvalue weighted by Crippen LogP contribution is -2.50. The van der Waals surface area contributed by atoms with E-state index in [0.29, 0.717) is 0 Å². The SMILES string of the molecule is CCN(C(=O)C(=O)Nc1ccccc1C(F)(F)F)C(C)(C)C. The predicted molar refractivity (Wildman–Crippen MR) is 77.2 cm³/mol. The quantitative estimate of drug-likeness (QED) is 0.851. The number of hydrogen-bond donors (Lipinski definition) is 1. The minimum atomic E-state index is -4.61. The maximum Gasteiger partial charge on any atom is 0.418 e. The van der Waals surface area contributed by atoms with E-state index in [9.17, 15) is 22.8 Å². The van der Waals surface area contributed by atoms with Crippen molar-refractivity contribution in [3.63, 3.8) is 0 Å². The summed E-state index contributed by atoms with van der Waals surface area (Å²) in [6, 6.07) is 4.54. The number of halogens is 3. The number of carbonyl (C=O) groups excluding carboxylic acids is 2. The van der Waals surface area contributed by atoms with Crippen LogP contribution in [0.15, 0.2) is 24.3 Å². The molecule has 0 fully saturated rings. The number of anilines is 1. The van der Waals surface area contributed by atoms with Gasteiger partial charge in [0.25, 0.3) is 0 Å². The Labute approximate surface area is 127 Å². The molecule has 0 aliphatic rings. The molecule has 22 heavy (non-hydrogen) atoms. The molecule has 1 aromatic rings. The molecule has 4 nitrogen and oxygen atoms in total. The van der Waals surface area contributed by atoms with Crippen LogP contribution in [0.2, 0.25) is 0 Å². The number of carbonyl (C=O) groups is 2. The Balaban J connectivity index is 3.02. The first-order chi connectivity index (χ1) is 9.98. The van der Waals surface area contributed by atoms with Gasteiger partial charge in [0.15, 0.2) is 0 Å². The first kappa shape index (κ1) is 18.0. The Morgan fingerprint density at radius 3 is 2.14 bits per heavy atom. The van der Waals surface area contributed by atoms with Crippen molar-refractivity contribution in [2.45, 2.75) is 39.4 Å². The highest BCUT2D eigenvalue weighted by Crippen LogP contribution is 2.34. The van der Waals surface area contributed by atoms with E-state index in [2.05, 4.69) is 5.32 Å². The fourth-order valence-electron chi connectivity index (χ4n) is 2.06. The summed E-state index contributed by atoms with van der Waals surface area (Å²) < 4.78 is 38.6. The predicted octanol–water partition coefficient (Wildman–Crippen LogP) is 3.29. The molecule has 122 valence electrons. The summed E-state index contributed by atoms with van der Waals surface area (Å²) in [7, 11) is 0. The summed E-state index contributed by atoms with van der Waals surface area (Å²) in [5, 5.41) is 2.05. The highest BCUT2D eigenvalue weighted by Gasteiger charge is 2.35. The van der Waals surface area contributed by atoms with Gasteiger partial charge in [0.2, 0.25) is 0 Å². The van der Waals surface area contributed by atoms with E-state index >= 15 is 0 Å². The second-order valence-electron chi connectivity index (χ2n) is 5.72. The number of alkyl halides is 3. The topological polar surface area (TPSA) is 49.4 Å². The van der Waals surface area contributed by atoms with Crippen LogP contribution >= 0.6 is 0 Å². The first-order valence-corrected chi connectivity index (χ1v) is 6.77. The smallest absolute Gasteiger partial charge is 0.330 e. The van der Waals surface area contributed by atoms with Crippen LogP contribution in [0.5, 0.6) is 0 Å². The van der Waals surface area contributed by atoms with Crippen molar-refractivity contribution in [1.82, 2.24) is 4.90 Å². The minimum Gasteiger partial charge on any atom is -0.330 e. The van der Waals surface area contributed by atoms with Crippen molar-refractivity contribution in [2.75, 3.05) is 11.9 Å². The molecule has 0 heterocycles. The van der Waals surface area contributed by atoms with E-state index in [1.54, 1.807) is 27.7 Å². The zero-order chi connectivity index (χ0) is 17.1. The van der Waals surface area contributed by atoms with Crippen LogP contribution in [0.1, 0.15) is 33.3 Å². The Kier molecular flexibility index (Phi) is 5.22. The lowest BCUT2D eigenvalue weighted by molar-refractivity contribution is -0.146. The third kappa shape index (κ3) is 4.22. The Morgan fingerprint density at radius 2 is 1.68 bits per heavy atom. The van der Waals surface area contributed by atoms with Crippen LogP contribution in [-0.2, 0) is 15.8 Å². The lowest BCUT2D eigenvalue weighted by Gasteiger charge is -2.34. The van der Waals surface area contributed by atoms with Gasteiger partial charge in [0.05, 0.1) is 11.3 Å². The molecule has 0 atom stereocenters. The van der Waals surface area contributed by atoms with E-state index in [0.717, 1.165) is 12.1 Å². The summed E-state index contributed by atoms with van der Waals surface area (Å²) >= 11 is 0. The summed E-state index contributed by atoms with van der Waals surface area (Å²) in [6.07, 6.45) is -4.61. The molecule has 1 rings (SSSR count). The standard InChI is InChI=1S/C15H19F3N2O2/c1-5-20(14(2,3)4)13(22)12(21)19-11-9-7-6-8-10(11)15(16,17)18/h6-9H,5H2,1-4H3,(H,19,21). The number of amides is 2. The Bertz CT molecular complexity index is 563. The maximum atomic E-state index is 12.9. The molecule has 0 saturated carbocycles. The van der Waals surface area contributed by atoms with Crippen LogP contribution in [0, 0.1) is 0 Å². The van der Waals surface area contributed by atoms with E-state index in [1.165, 1.54) is 17.0 Å². The molecule has 7 heteroatoms. The van der Waals surface area contributed by atoms with Crippen molar-refractivity contribution in [3.05, 3.63) is 29.8 Å². The van der Waals surface area contributed by atoms with Crippen LogP contribution in [0.25, 0.3) is 0 Å². The number of rotatable bonds is 2. The lowest BCUT2D eigenvalue weighted by atomic mass is 10.1. The van der Waals surface area contributed by atoms with E-state index in [1.807, 2.05) is 0 Å². The van der Waals surface area contributed by atoms with Crippen LogP contribution in [-0.4, -0.2) is 28.8 Å². The Hall–Kier alpha value is -2.05. The van der Waals surface area contributed by atoms with Crippen molar-refractivity contribution < 1.29 is 22.8 Å². The van der Waals surface area contributed by atoms with E-state index in [4.69, 9.17) is 0 Å².